The van der Waals surface area contributed by atoms with Gasteiger partial charge in [-0.25, -0.2) is 0 Å². The lowest BCUT2D eigenvalue weighted by molar-refractivity contribution is 0.0844. The molecule has 2 aliphatic rings. The Morgan fingerprint density at radius 2 is 1.82 bits per heavy atom. The van der Waals surface area contributed by atoms with Crippen LogP contribution in [0.2, 0.25) is 0 Å². The van der Waals surface area contributed by atoms with Crippen molar-refractivity contribution in [2.75, 3.05) is 12.4 Å². The fourth-order valence-electron chi connectivity index (χ4n) is 2.27. The fraction of sp³-hybridized carbons (Fsp3) is 0.867. The molecule has 1 saturated carbocycles. The first-order valence-corrected chi connectivity index (χ1v) is 7.96. The van der Waals surface area contributed by atoms with E-state index in [1.54, 1.807) is 5.57 Å². The zero-order valence-electron chi connectivity index (χ0n) is 11.7. The summed E-state index contributed by atoms with van der Waals surface area (Å²) in [4.78, 5) is 0. The highest BCUT2D eigenvalue weighted by Gasteiger charge is 2.42. The van der Waals surface area contributed by atoms with Crippen molar-refractivity contribution in [2.24, 2.45) is 5.41 Å². The number of hydrogen-bond acceptors (Lipinski definition) is 2. The number of hydrogen-bond donors (Lipinski definition) is 0. The summed E-state index contributed by atoms with van der Waals surface area (Å²) in [6.07, 6.45) is 5.95. The minimum absolute atomic E-state index is 0.372. The lowest BCUT2D eigenvalue weighted by Gasteiger charge is -2.22. The molecule has 1 aliphatic carbocycles. The van der Waals surface area contributed by atoms with Gasteiger partial charge in [-0.2, -0.15) is 11.8 Å². The van der Waals surface area contributed by atoms with Gasteiger partial charge in [0, 0.05) is 5.25 Å². The molecule has 1 aliphatic heterocycles. The summed E-state index contributed by atoms with van der Waals surface area (Å²) >= 11 is 2.12. The van der Waals surface area contributed by atoms with Crippen LogP contribution in [-0.2, 0) is 4.74 Å². The highest BCUT2D eigenvalue weighted by atomic mass is 32.2. The fourth-order valence-corrected chi connectivity index (χ4v) is 3.67. The SMILES string of the molecule is C/C1=C(\C)COC(C)C(C)SCC2(CC1)CC2. The van der Waals surface area contributed by atoms with Crippen LogP contribution in [0.1, 0.15) is 53.4 Å². The molecular formula is C15H26OS. The van der Waals surface area contributed by atoms with Gasteiger partial charge in [0.2, 0.25) is 0 Å². The average Bonchev–Trinajstić information content (AvgIpc) is 3.09. The highest BCUT2D eigenvalue weighted by molar-refractivity contribution is 7.99. The van der Waals surface area contributed by atoms with Crippen LogP contribution in [0.15, 0.2) is 11.1 Å². The standard InChI is InChI=1S/C15H26OS/c1-11-5-6-15(7-8-15)10-17-14(4)13(3)16-9-12(11)2/h13-14H,5-10H2,1-4H3/b12-11-. The van der Waals surface area contributed by atoms with Crippen molar-refractivity contribution in [1.29, 1.82) is 0 Å². The van der Waals surface area contributed by atoms with Crippen LogP contribution in [-0.4, -0.2) is 23.7 Å². The number of thioether (sulfide) groups is 1. The summed E-state index contributed by atoms with van der Waals surface area (Å²) in [5.74, 6) is 1.34. The Kier molecular flexibility index (Phi) is 4.25. The monoisotopic (exact) mass is 254 g/mol. The van der Waals surface area contributed by atoms with E-state index in [9.17, 15) is 0 Å². The van der Waals surface area contributed by atoms with Gasteiger partial charge >= 0.3 is 0 Å². The third-order valence-electron chi connectivity index (χ3n) is 4.59. The Morgan fingerprint density at radius 3 is 2.47 bits per heavy atom. The molecule has 98 valence electrons. The van der Waals surface area contributed by atoms with Crippen LogP contribution >= 0.6 is 11.8 Å². The van der Waals surface area contributed by atoms with Crippen LogP contribution in [0, 0.1) is 5.41 Å². The van der Waals surface area contributed by atoms with Crippen molar-refractivity contribution in [3.05, 3.63) is 11.1 Å². The van der Waals surface area contributed by atoms with Gasteiger partial charge in [-0.15, -0.1) is 0 Å². The highest BCUT2D eigenvalue weighted by Crippen LogP contribution is 2.53. The Morgan fingerprint density at radius 1 is 1.12 bits per heavy atom. The molecule has 2 rings (SSSR count). The summed E-state index contributed by atoms with van der Waals surface area (Å²) in [6, 6.07) is 0. The molecule has 2 atom stereocenters. The number of allylic oxidation sites excluding steroid dienone is 1. The van der Waals surface area contributed by atoms with E-state index in [2.05, 4.69) is 39.5 Å². The molecule has 1 fully saturated rings. The minimum Gasteiger partial charge on any atom is -0.373 e. The predicted molar refractivity (Wildman–Crippen MR) is 76.6 cm³/mol. The normalized spacial score (nSPS) is 38.8. The molecule has 2 unspecified atom stereocenters. The van der Waals surface area contributed by atoms with Gasteiger partial charge in [-0.05, 0) is 63.2 Å². The molecule has 17 heavy (non-hydrogen) atoms. The van der Waals surface area contributed by atoms with Gasteiger partial charge in [-0.3, -0.25) is 0 Å². The summed E-state index contributed by atoms with van der Waals surface area (Å²) in [6.45, 7) is 9.88. The van der Waals surface area contributed by atoms with E-state index in [4.69, 9.17) is 4.74 Å². The Hall–Kier alpha value is 0.0500. The van der Waals surface area contributed by atoms with Gasteiger partial charge in [0.1, 0.15) is 0 Å². The van der Waals surface area contributed by atoms with Crippen molar-refractivity contribution >= 4 is 11.8 Å². The summed E-state index contributed by atoms with van der Waals surface area (Å²) in [5.41, 5.74) is 3.69. The maximum atomic E-state index is 5.98. The summed E-state index contributed by atoms with van der Waals surface area (Å²) in [7, 11) is 0. The molecule has 0 radical (unpaired) electrons. The van der Waals surface area contributed by atoms with Crippen molar-refractivity contribution < 1.29 is 4.74 Å². The van der Waals surface area contributed by atoms with E-state index in [-0.39, 0.29) is 0 Å². The van der Waals surface area contributed by atoms with Gasteiger partial charge < -0.3 is 4.74 Å². The second-order valence-corrected chi connectivity index (χ2v) is 7.46. The van der Waals surface area contributed by atoms with Crippen LogP contribution in [0.25, 0.3) is 0 Å². The van der Waals surface area contributed by atoms with Crippen LogP contribution < -0.4 is 0 Å². The van der Waals surface area contributed by atoms with Crippen molar-refractivity contribution in [3.63, 3.8) is 0 Å². The Bertz CT molecular complexity index is 304. The third-order valence-corrected chi connectivity index (χ3v) is 6.28. The molecule has 0 N–H and O–H groups in total. The van der Waals surface area contributed by atoms with Crippen LogP contribution in [0.3, 0.4) is 0 Å². The minimum atomic E-state index is 0.372. The second-order valence-electron chi connectivity index (χ2n) is 6.09. The van der Waals surface area contributed by atoms with Gasteiger partial charge in [0.25, 0.3) is 0 Å². The van der Waals surface area contributed by atoms with E-state index in [0.29, 0.717) is 16.8 Å². The summed E-state index contributed by atoms with van der Waals surface area (Å²) < 4.78 is 5.98. The quantitative estimate of drug-likeness (QED) is 0.592. The van der Waals surface area contributed by atoms with E-state index in [0.717, 1.165) is 6.61 Å². The molecular weight excluding hydrogens is 228 g/mol. The molecule has 0 saturated heterocycles. The third kappa shape index (κ3) is 3.51. The second kappa shape index (κ2) is 5.36. The van der Waals surface area contributed by atoms with Crippen molar-refractivity contribution in [1.82, 2.24) is 0 Å². The maximum absolute atomic E-state index is 5.98. The maximum Gasteiger partial charge on any atom is 0.0680 e. The smallest absolute Gasteiger partial charge is 0.0680 e. The zero-order valence-corrected chi connectivity index (χ0v) is 12.5. The Labute approximate surface area is 110 Å². The zero-order chi connectivity index (χ0) is 12.5. The van der Waals surface area contributed by atoms with Gasteiger partial charge in [0.05, 0.1) is 12.7 Å². The van der Waals surface area contributed by atoms with Gasteiger partial charge in [0.15, 0.2) is 0 Å². The molecule has 1 spiro atoms. The molecule has 0 aromatic rings. The lowest BCUT2D eigenvalue weighted by atomic mass is 9.97. The van der Waals surface area contributed by atoms with E-state index in [1.807, 2.05) is 0 Å². The molecule has 0 bridgehead atoms. The molecule has 0 aromatic carbocycles. The molecule has 2 heteroatoms. The number of ether oxygens (including phenoxy) is 1. The number of rotatable bonds is 0. The van der Waals surface area contributed by atoms with E-state index >= 15 is 0 Å². The van der Waals surface area contributed by atoms with E-state index < -0.39 is 0 Å². The first kappa shape index (κ1) is 13.5. The Balaban J connectivity index is 2.05. The molecule has 0 amide bonds. The van der Waals surface area contributed by atoms with Crippen molar-refractivity contribution in [3.8, 4) is 0 Å². The van der Waals surface area contributed by atoms with Crippen LogP contribution in [0.4, 0.5) is 0 Å². The lowest BCUT2D eigenvalue weighted by Crippen LogP contribution is -2.22. The topological polar surface area (TPSA) is 9.23 Å². The van der Waals surface area contributed by atoms with E-state index in [1.165, 1.54) is 37.0 Å². The average molecular weight is 254 g/mol. The van der Waals surface area contributed by atoms with Crippen LogP contribution in [0.5, 0.6) is 0 Å². The summed E-state index contributed by atoms with van der Waals surface area (Å²) in [5, 5.41) is 0.624. The molecule has 1 heterocycles. The molecule has 1 nitrogen and oxygen atoms in total. The molecule has 0 aromatic heterocycles. The van der Waals surface area contributed by atoms with Gasteiger partial charge in [-0.1, -0.05) is 12.5 Å². The van der Waals surface area contributed by atoms with Crippen molar-refractivity contribution in [2.45, 2.75) is 64.7 Å². The first-order chi connectivity index (χ1) is 8.02. The first-order valence-electron chi connectivity index (χ1n) is 6.91. The largest absolute Gasteiger partial charge is 0.373 e. The predicted octanol–water partition coefficient (Wildman–Crippen LogP) is 4.42.